The maximum atomic E-state index is 13.4. The lowest BCUT2D eigenvalue weighted by atomic mass is 10.2. The van der Waals surface area contributed by atoms with E-state index in [-0.39, 0.29) is 23.6 Å². The minimum absolute atomic E-state index is 0.0243. The molecule has 0 saturated carbocycles. The number of sulfonamides is 1. The predicted octanol–water partition coefficient (Wildman–Crippen LogP) is 6.39. The van der Waals surface area contributed by atoms with Gasteiger partial charge >= 0.3 is 0 Å². The molecule has 3 aromatic rings. The van der Waals surface area contributed by atoms with Crippen LogP contribution in [0.2, 0.25) is 5.02 Å². The van der Waals surface area contributed by atoms with E-state index in [9.17, 15) is 13.2 Å². The lowest BCUT2D eigenvalue weighted by molar-refractivity contribution is -0.117. The van der Waals surface area contributed by atoms with E-state index in [1.165, 1.54) is 24.3 Å². The van der Waals surface area contributed by atoms with Crippen LogP contribution in [0, 0.1) is 6.92 Å². The van der Waals surface area contributed by atoms with Gasteiger partial charge in [-0.05, 0) is 102 Å². The second-order valence-electron chi connectivity index (χ2n) is 7.43. The highest BCUT2D eigenvalue weighted by Gasteiger charge is 2.30. The first-order valence-corrected chi connectivity index (χ1v) is 13.3. The smallest absolute Gasteiger partial charge is 0.270 e. The Kier molecular flexibility index (Phi) is 8.99. The minimum atomic E-state index is -4.16. The topological polar surface area (TPSA) is 72.9 Å². The molecular weight excluding hydrogens is 542 g/mol. The predicted molar refractivity (Wildman–Crippen MR) is 137 cm³/mol. The van der Waals surface area contributed by atoms with Crippen LogP contribution in [0.1, 0.15) is 25.3 Å². The van der Waals surface area contributed by atoms with Gasteiger partial charge in [0.15, 0.2) is 0 Å². The molecule has 0 spiro atoms. The van der Waals surface area contributed by atoms with Crippen molar-refractivity contribution in [1.82, 2.24) is 0 Å². The van der Waals surface area contributed by atoms with Gasteiger partial charge in [0.05, 0.1) is 28.3 Å². The summed E-state index contributed by atoms with van der Waals surface area (Å²) in [5.74, 6) is 0.681. The number of hydrogen-bond donors (Lipinski definition) is 0. The number of carbonyl (C=O) groups excluding carboxylic acids is 1. The summed E-state index contributed by atoms with van der Waals surface area (Å²) in [4.78, 5) is 13.2. The lowest BCUT2D eigenvalue weighted by Gasteiger charge is -2.23. The summed E-state index contributed by atoms with van der Waals surface area (Å²) in [7, 11) is -4.16. The Bertz CT molecular complexity index is 1230. The van der Waals surface area contributed by atoms with Crippen molar-refractivity contribution in [2.45, 2.75) is 31.6 Å². The number of amides is 1. The van der Waals surface area contributed by atoms with E-state index in [4.69, 9.17) is 21.1 Å². The largest absolute Gasteiger partial charge is 0.494 e. The highest BCUT2D eigenvalue weighted by Crippen LogP contribution is 2.29. The van der Waals surface area contributed by atoms with Crippen molar-refractivity contribution in [3.8, 4) is 11.5 Å². The Morgan fingerprint density at radius 1 is 1.00 bits per heavy atom. The van der Waals surface area contributed by atoms with E-state index >= 15 is 0 Å². The molecule has 0 aliphatic heterocycles. The van der Waals surface area contributed by atoms with Crippen LogP contribution in [0.15, 0.2) is 76.1 Å². The van der Waals surface area contributed by atoms with Gasteiger partial charge in [-0.15, -0.1) is 0 Å². The van der Waals surface area contributed by atoms with Crippen LogP contribution >= 0.6 is 27.5 Å². The van der Waals surface area contributed by atoms with Crippen molar-refractivity contribution in [2.24, 2.45) is 0 Å². The van der Waals surface area contributed by atoms with E-state index in [0.717, 1.165) is 14.3 Å². The highest BCUT2D eigenvalue weighted by atomic mass is 79.9. The molecule has 0 aliphatic carbocycles. The number of anilines is 1. The van der Waals surface area contributed by atoms with Crippen molar-refractivity contribution in [2.75, 3.05) is 17.5 Å². The molecule has 0 heterocycles. The van der Waals surface area contributed by atoms with E-state index in [2.05, 4.69) is 15.9 Å². The van der Waals surface area contributed by atoms with Crippen LogP contribution in [-0.2, 0) is 14.8 Å². The third-order valence-electron chi connectivity index (χ3n) is 4.84. The first-order valence-electron chi connectivity index (χ1n) is 10.7. The number of rotatable bonds is 10. The van der Waals surface area contributed by atoms with E-state index in [1.54, 1.807) is 24.3 Å². The van der Waals surface area contributed by atoms with Gasteiger partial charge in [0.25, 0.3) is 10.0 Å². The summed E-state index contributed by atoms with van der Waals surface area (Å²) < 4.78 is 39.7. The monoisotopic (exact) mass is 565 g/mol. The second-order valence-corrected chi connectivity index (χ2v) is 10.5. The Hall–Kier alpha value is -2.55. The highest BCUT2D eigenvalue weighted by molar-refractivity contribution is 9.10. The van der Waals surface area contributed by atoms with Gasteiger partial charge in [0, 0.05) is 11.4 Å². The SMILES string of the molecule is CCOc1ccc(N(C(=O)CCCOc2ccc(C)cc2Br)S(=O)(=O)c2ccc(Cl)cc2)cc1. The molecule has 3 rings (SSSR count). The molecule has 34 heavy (non-hydrogen) atoms. The van der Waals surface area contributed by atoms with E-state index < -0.39 is 15.9 Å². The maximum absolute atomic E-state index is 13.4. The molecule has 0 N–H and O–H groups in total. The van der Waals surface area contributed by atoms with Crippen molar-refractivity contribution in [3.05, 3.63) is 81.8 Å². The molecule has 0 fully saturated rings. The van der Waals surface area contributed by atoms with Crippen molar-refractivity contribution in [3.63, 3.8) is 0 Å². The van der Waals surface area contributed by atoms with Gasteiger partial charge in [0.1, 0.15) is 11.5 Å². The first-order chi connectivity index (χ1) is 16.2. The Balaban J connectivity index is 1.79. The van der Waals surface area contributed by atoms with Crippen LogP contribution in [0.25, 0.3) is 0 Å². The van der Waals surface area contributed by atoms with Crippen LogP contribution in [0.4, 0.5) is 5.69 Å². The van der Waals surface area contributed by atoms with Gasteiger partial charge in [-0.3, -0.25) is 4.79 Å². The fourth-order valence-corrected chi connectivity index (χ4v) is 5.39. The lowest BCUT2D eigenvalue weighted by Crippen LogP contribution is -2.37. The van der Waals surface area contributed by atoms with E-state index in [1.807, 2.05) is 32.0 Å². The number of carbonyl (C=O) groups is 1. The van der Waals surface area contributed by atoms with Gasteiger partial charge in [-0.1, -0.05) is 17.7 Å². The van der Waals surface area contributed by atoms with Crippen molar-refractivity contribution < 1.29 is 22.7 Å². The molecule has 0 unspecified atom stereocenters. The molecule has 0 aromatic heterocycles. The maximum Gasteiger partial charge on any atom is 0.270 e. The zero-order chi connectivity index (χ0) is 24.7. The van der Waals surface area contributed by atoms with Crippen LogP contribution < -0.4 is 13.8 Å². The summed E-state index contributed by atoms with van der Waals surface area (Å²) in [6.45, 7) is 4.56. The molecule has 3 aromatic carbocycles. The number of aryl methyl sites for hydroxylation is 1. The number of nitrogens with zero attached hydrogens (tertiary/aromatic N) is 1. The summed E-state index contributed by atoms with van der Waals surface area (Å²) in [5.41, 5.74) is 1.32. The van der Waals surface area contributed by atoms with E-state index in [0.29, 0.717) is 29.5 Å². The molecule has 0 radical (unpaired) electrons. The number of benzene rings is 3. The van der Waals surface area contributed by atoms with Crippen LogP contribution in [-0.4, -0.2) is 27.5 Å². The summed E-state index contributed by atoms with van der Waals surface area (Å²) in [6.07, 6.45) is 0.312. The quantitative estimate of drug-likeness (QED) is 0.266. The summed E-state index contributed by atoms with van der Waals surface area (Å²) in [6, 6.07) is 17.8. The molecule has 0 bridgehead atoms. The molecule has 1 amide bonds. The Morgan fingerprint density at radius 3 is 2.29 bits per heavy atom. The molecule has 180 valence electrons. The molecule has 9 heteroatoms. The summed E-state index contributed by atoms with van der Waals surface area (Å²) in [5, 5.41) is 0.400. The average Bonchev–Trinajstić information content (AvgIpc) is 2.79. The second kappa shape index (κ2) is 11.7. The standard InChI is InChI=1S/C25H25BrClNO5S/c1-3-32-21-11-9-20(10-12-21)28(34(30,31)22-13-7-19(27)8-14-22)25(29)5-4-16-33-24-15-6-18(2)17-23(24)26/h6-15,17H,3-5,16H2,1-2H3. The third-order valence-corrected chi connectivity index (χ3v) is 7.48. The summed E-state index contributed by atoms with van der Waals surface area (Å²) >= 11 is 9.37. The minimum Gasteiger partial charge on any atom is -0.494 e. The van der Waals surface area contributed by atoms with Gasteiger partial charge < -0.3 is 9.47 Å². The fourth-order valence-electron chi connectivity index (χ4n) is 3.20. The zero-order valence-corrected chi connectivity index (χ0v) is 22.0. The average molecular weight is 567 g/mol. The third kappa shape index (κ3) is 6.52. The first kappa shape index (κ1) is 26.1. The van der Waals surface area contributed by atoms with Gasteiger partial charge in [0.2, 0.25) is 5.91 Å². The molecule has 6 nitrogen and oxygen atoms in total. The zero-order valence-electron chi connectivity index (χ0n) is 18.8. The van der Waals surface area contributed by atoms with Gasteiger partial charge in [-0.25, -0.2) is 12.7 Å². The number of ether oxygens (including phenoxy) is 2. The number of hydrogen-bond acceptors (Lipinski definition) is 5. The molecule has 0 atom stereocenters. The van der Waals surface area contributed by atoms with Gasteiger partial charge in [-0.2, -0.15) is 0 Å². The van der Waals surface area contributed by atoms with Crippen molar-refractivity contribution in [1.29, 1.82) is 0 Å². The molecule has 0 saturated heterocycles. The number of halogens is 2. The van der Waals surface area contributed by atoms with Crippen LogP contribution in [0.3, 0.4) is 0 Å². The fraction of sp³-hybridized carbons (Fsp3) is 0.240. The Labute approximate surface area is 213 Å². The van der Waals surface area contributed by atoms with Crippen LogP contribution in [0.5, 0.6) is 11.5 Å². The molecular formula is C25H25BrClNO5S. The Morgan fingerprint density at radius 2 is 1.68 bits per heavy atom. The molecule has 0 aliphatic rings. The van der Waals surface area contributed by atoms with Crippen molar-refractivity contribution >= 4 is 49.1 Å². The normalized spacial score (nSPS) is 11.2.